The highest BCUT2D eigenvalue weighted by molar-refractivity contribution is 5.84. The summed E-state index contributed by atoms with van der Waals surface area (Å²) in [5, 5.41) is 6.05. The fourth-order valence-corrected chi connectivity index (χ4v) is 6.68. The van der Waals surface area contributed by atoms with Gasteiger partial charge in [-0.15, -0.1) is 0 Å². The van der Waals surface area contributed by atoms with Crippen LogP contribution in [0.3, 0.4) is 0 Å². The molecule has 0 aliphatic carbocycles. The summed E-state index contributed by atoms with van der Waals surface area (Å²) in [6, 6.07) is 5.58. The quantitative estimate of drug-likeness (QED) is 0.0411. The summed E-state index contributed by atoms with van der Waals surface area (Å²) in [5.74, 6) is -0.260. The Morgan fingerprint density at radius 2 is 1.02 bits per heavy atom. The zero-order chi connectivity index (χ0) is 37.0. The third kappa shape index (κ3) is 29.8. The first-order valence-electron chi connectivity index (χ1n) is 21.7. The van der Waals surface area contributed by atoms with E-state index in [9.17, 15) is 14.4 Å². The molecular weight excluding hydrogens is 635 g/mol. The highest BCUT2D eigenvalue weighted by Gasteiger charge is 2.23. The molecule has 7 nitrogen and oxygen atoms in total. The number of nitrogens with one attached hydrogen (secondary N) is 2. The molecule has 0 bridgehead atoms. The number of pyridine rings is 1. The van der Waals surface area contributed by atoms with Gasteiger partial charge in [0.25, 0.3) is 0 Å². The Kier molecular flexibility index (Phi) is 31.6. The lowest BCUT2D eigenvalue weighted by Gasteiger charge is -2.21. The lowest BCUT2D eigenvalue weighted by molar-refractivity contribution is -0.697. The molecular formula is C44H80N3O4+. The molecule has 294 valence electrons. The Hall–Kier alpha value is -2.44. The molecule has 2 N–H and O–H groups in total. The smallest absolute Gasteiger partial charge is 0.328 e. The second kappa shape index (κ2) is 34.6. The van der Waals surface area contributed by atoms with Crippen molar-refractivity contribution in [1.29, 1.82) is 0 Å². The van der Waals surface area contributed by atoms with Gasteiger partial charge in [-0.3, -0.25) is 9.59 Å². The Morgan fingerprint density at radius 1 is 0.549 bits per heavy atom. The second-order valence-corrected chi connectivity index (χ2v) is 15.0. The van der Waals surface area contributed by atoms with Crippen molar-refractivity contribution in [3.8, 4) is 0 Å². The van der Waals surface area contributed by atoms with E-state index in [1.807, 2.05) is 6.92 Å². The average Bonchev–Trinajstić information content (AvgIpc) is 3.12. The van der Waals surface area contributed by atoms with Gasteiger partial charge in [0.05, 0.1) is 6.10 Å². The molecule has 1 unspecified atom stereocenters. The van der Waals surface area contributed by atoms with Crippen LogP contribution in [0.1, 0.15) is 207 Å². The van der Waals surface area contributed by atoms with Crippen LogP contribution in [0, 0.1) is 0 Å². The van der Waals surface area contributed by atoms with Gasteiger partial charge in [-0.2, -0.15) is 0 Å². The van der Waals surface area contributed by atoms with Gasteiger partial charge in [0.15, 0.2) is 12.4 Å². The van der Waals surface area contributed by atoms with Gasteiger partial charge in [0, 0.05) is 37.9 Å². The summed E-state index contributed by atoms with van der Waals surface area (Å²) in [7, 11) is 0. The van der Waals surface area contributed by atoms with Crippen LogP contribution >= 0.6 is 0 Å². The molecule has 7 heteroatoms. The number of ether oxygens (including phenoxy) is 1. The van der Waals surface area contributed by atoms with E-state index in [2.05, 4.69) is 59.6 Å². The Balaban J connectivity index is 2.31. The summed E-state index contributed by atoms with van der Waals surface area (Å²) in [4.78, 5) is 38.4. The van der Waals surface area contributed by atoms with Gasteiger partial charge in [-0.1, -0.05) is 135 Å². The SMILES string of the molecule is CCCCCCCCCCCC(=O)NCCCC[C@H](NC(=O)CCCCCCCCC)C(=O)OC(C)CCCCCCCCC[n+]1ccccc1. The predicted octanol–water partition coefficient (Wildman–Crippen LogP) is 10.9. The molecule has 0 aliphatic heterocycles. The highest BCUT2D eigenvalue weighted by atomic mass is 16.5. The van der Waals surface area contributed by atoms with Crippen LogP contribution in [0.25, 0.3) is 0 Å². The number of unbranched alkanes of at least 4 members (excludes halogenated alkanes) is 21. The van der Waals surface area contributed by atoms with E-state index in [-0.39, 0.29) is 23.9 Å². The molecule has 0 radical (unpaired) electrons. The Bertz CT molecular complexity index is 957. The van der Waals surface area contributed by atoms with Crippen LogP contribution in [0.2, 0.25) is 0 Å². The standard InChI is InChI=1S/C44H79N3O4/c1-4-6-8-10-12-13-17-20-25-34-42(48)45-36-28-27-33-41(46-43(49)35-26-21-15-11-9-7-5-2)44(50)51-40(3)32-24-19-16-14-18-22-29-37-47-38-30-23-31-39-47/h23,30-31,38-41H,4-22,24-29,32-37H2,1-3H3,(H-,45,46,48,49)/p+1/t40?,41-/m0/s1. The van der Waals surface area contributed by atoms with E-state index >= 15 is 0 Å². The van der Waals surface area contributed by atoms with Crippen LogP contribution in [0.15, 0.2) is 30.6 Å². The number of rotatable bonds is 36. The number of carbonyl (C=O) groups is 3. The fraction of sp³-hybridized carbons (Fsp3) is 0.818. The maximum absolute atomic E-state index is 13.2. The number of aromatic nitrogens is 1. The van der Waals surface area contributed by atoms with Crippen molar-refractivity contribution in [3.63, 3.8) is 0 Å². The average molecular weight is 715 g/mol. The number of hydrogen-bond acceptors (Lipinski definition) is 4. The summed E-state index contributed by atoms with van der Waals surface area (Å²) in [6.07, 6.45) is 35.7. The number of amides is 2. The third-order valence-corrected chi connectivity index (χ3v) is 10.00. The molecule has 2 atom stereocenters. The zero-order valence-corrected chi connectivity index (χ0v) is 33.5. The molecule has 51 heavy (non-hydrogen) atoms. The summed E-state index contributed by atoms with van der Waals surface area (Å²) in [6.45, 7) is 8.13. The normalized spacial score (nSPS) is 12.4. The van der Waals surface area contributed by atoms with Gasteiger partial charge in [-0.05, 0) is 58.3 Å². The summed E-state index contributed by atoms with van der Waals surface area (Å²) < 4.78 is 8.11. The minimum atomic E-state index is -0.628. The minimum absolute atomic E-state index is 0.0604. The Labute approximate surface area is 314 Å². The van der Waals surface area contributed by atoms with E-state index < -0.39 is 6.04 Å². The van der Waals surface area contributed by atoms with Crippen molar-refractivity contribution < 1.29 is 23.7 Å². The predicted molar refractivity (Wildman–Crippen MR) is 212 cm³/mol. The van der Waals surface area contributed by atoms with E-state index in [0.717, 1.165) is 70.8 Å². The van der Waals surface area contributed by atoms with E-state index in [1.54, 1.807) is 0 Å². The van der Waals surface area contributed by atoms with E-state index in [4.69, 9.17) is 4.74 Å². The van der Waals surface area contributed by atoms with Crippen LogP contribution in [-0.4, -0.2) is 36.5 Å². The summed E-state index contributed by atoms with van der Waals surface area (Å²) in [5.41, 5.74) is 0. The van der Waals surface area contributed by atoms with Gasteiger partial charge >= 0.3 is 5.97 Å². The number of nitrogens with zero attached hydrogens (tertiary/aromatic N) is 1. The number of hydrogen-bond donors (Lipinski definition) is 2. The third-order valence-electron chi connectivity index (χ3n) is 10.00. The van der Waals surface area contributed by atoms with E-state index in [0.29, 0.717) is 25.8 Å². The fourth-order valence-electron chi connectivity index (χ4n) is 6.68. The lowest BCUT2D eigenvalue weighted by atomic mass is 10.1. The first-order chi connectivity index (χ1) is 25.0. The molecule has 1 aromatic heterocycles. The monoisotopic (exact) mass is 715 g/mol. The highest BCUT2D eigenvalue weighted by Crippen LogP contribution is 2.14. The minimum Gasteiger partial charge on any atom is -0.461 e. The zero-order valence-electron chi connectivity index (χ0n) is 33.5. The first kappa shape index (κ1) is 46.6. The molecule has 0 fully saturated rings. The Morgan fingerprint density at radius 3 is 1.59 bits per heavy atom. The van der Waals surface area contributed by atoms with Crippen molar-refractivity contribution in [1.82, 2.24) is 10.6 Å². The van der Waals surface area contributed by atoms with Crippen LogP contribution < -0.4 is 15.2 Å². The molecule has 2 amide bonds. The first-order valence-corrected chi connectivity index (χ1v) is 21.7. The van der Waals surface area contributed by atoms with Gasteiger partial charge in [0.2, 0.25) is 11.8 Å². The van der Waals surface area contributed by atoms with Crippen LogP contribution in [-0.2, 0) is 25.7 Å². The van der Waals surface area contributed by atoms with Gasteiger partial charge < -0.3 is 15.4 Å². The topological polar surface area (TPSA) is 88.4 Å². The molecule has 0 spiro atoms. The molecule has 1 rings (SSSR count). The van der Waals surface area contributed by atoms with Crippen molar-refractivity contribution >= 4 is 17.8 Å². The maximum atomic E-state index is 13.2. The van der Waals surface area contributed by atoms with Crippen molar-refractivity contribution in [2.45, 2.75) is 226 Å². The van der Waals surface area contributed by atoms with Crippen molar-refractivity contribution in [2.75, 3.05) is 6.54 Å². The van der Waals surface area contributed by atoms with Gasteiger partial charge in [-0.25, -0.2) is 9.36 Å². The second-order valence-electron chi connectivity index (χ2n) is 15.0. The van der Waals surface area contributed by atoms with Crippen molar-refractivity contribution in [2.24, 2.45) is 0 Å². The molecule has 0 saturated carbocycles. The number of carbonyl (C=O) groups excluding carboxylic acids is 3. The molecule has 0 aromatic carbocycles. The number of esters is 1. The molecule has 1 heterocycles. The van der Waals surface area contributed by atoms with Crippen LogP contribution in [0.5, 0.6) is 0 Å². The van der Waals surface area contributed by atoms with Gasteiger partial charge in [0.1, 0.15) is 12.6 Å². The molecule has 0 saturated heterocycles. The van der Waals surface area contributed by atoms with Crippen LogP contribution in [0.4, 0.5) is 0 Å². The summed E-state index contributed by atoms with van der Waals surface area (Å²) >= 11 is 0. The molecule has 1 aromatic rings. The van der Waals surface area contributed by atoms with Crippen molar-refractivity contribution in [3.05, 3.63) is 30.6 Å². The lowest BCUT2D eigenvalue weighted by Crippen LogP contribution is -2.42. The number of aryl methyl sites for hydroxylation is 1. The maximum Gasteiger partial charge on any atom is 0.328 e. The molecule has 0 aliphatic rings. The van der Waals surface area contributed by atoms with E-state index in [1.165, 1.54) is 103 Å². The largest absolute Gasteiger partial charge is 0.461 e.